The molecule has 1 N–H and O–H groups in total. The summed E-state index contributed by atoms with van der Waals surface area (Å²) in [6.45, 7) is 0.0212. The van der Waals surface area contributed by atoms with Crippen LogP contribution in [0, 0.1) is 0 Å². The van der Waals surface area contributed by atoms with Crippen molar-refractivity contribution in [1.82, 2.24) is 9.55 Å². The molecule has 8 heteroatoms. The van der Waals surface area contributed by atoms with Gasteiger partial charge in [-0.2, -0.15) is 0 Å². The van der Waals surface area contributed by atoms with Crippen molar-refractivity contribution in [3.05, 3.63) is 73.6 Å². The van der Waals surface area contributed by atoms with Gasteiger partial charge in [-0.1, -0.05) is 35.3 Å². The van der Waals surface area contributed by atoms with E-state index in [-0.39, 0.29) is 24.1 Å². The first kappa shape index (κ1) is 19.4. The lowest BCUT2D eigenvalue weighted by Gasteiger charge is -2.12. The summed E-state index contributed by atoms with van der Waals surface area (Å²) in [5, 5.41) is 10.4. The lowest BCUT2D eigenvalue weighted by Crippen LogP contribution is -2.21. The molecule has 0 aliphatic heterocycles. The summed E-state index contributed by atoms with van der Waals surface area (Å²) in [6.07, 6.45) is 3.40. The Balaban J connectivity index is 2.15. The lowest BCUT2D eigenvalue weighted by atomic mass is 10.0. The summed E-state index contributed by atoms with van der Waals surface area (Å²) in [6, 6.07) is 7.00. The Labute approximate surface area is 164 Å². The van der Waals surface area contributed by atoms with E-state index in [0.717, 1.165) is 11.1 Å². The molecule has 3 rings (SSSR count). The maximum Gasteiger partial charge on any atom is 0.343 e. The third-order valence-corrected chi connectivity index (χ3v) is 5.00. The molecule has 0 saturated heterocycles. The quantitative estimate of drug-likeness (QED) is 0.658. The van der Waals surface area contributed by atoms with Crippen molar-refractivity contribution in [2.45, 2.75) is 13.0 Å². The summed E-state index contributed by atoms with van der Waals surface area (Å²) in [7, 11) is 1.21. The van der Waals surface area contributed by atoms with Gasteiger partial charge in [0.2, 0.25) is 5.43 Å². The van der Waals surface area contributed by atoms with Crippen LogP contribution in [-0.2, 0) is 17.7 Å². The summed E-state index contributed by atoms with van der Waals surface area (Å²) >= 11 is 12.3. The van der Waals surface area contributed by atoms with E-state index in [9.17, 15) is 14.7 Å². The van der Waals surface area contributed by atoms with Crippen molar-refractivity contribution < 1.29 is 14.6 Å². The Hall–Kier alpha value is -2.41. The number of carbonyl (C=O) groups is 1. The molecule has 2 heterocycles. The molecular formula is C19H16Cl2N2O4. The molecule has 0 aliphatic rings. The van der Waals surface area contributed by atoms with Crippen molar-refractivity contribution in [2.24, 2.45) is 0 Å². The van der Waals surface area contributed by atoms with Crippen LogP contribution >= 0.6 is 23.2 Å². The number of pyridine rings is 2. The van der Waals surface area contributed by atoms with Crippen LogP contribution in [0.15, 0.2) is 41.5 Å². The number of hydrogen-bond donors (Lipinski definition) is 1. The van der Waals surface area contributed by atoms with Crippen molar-refractivity contribution in [1.29, 1.82) is 0 Å². The normalized spacial score (nSPS) is 11.0. The molecule has 0 unspecified atom stereocenters. The fraction of sp³-hybridized carbons (Fsp3) is 0.211. The number of nitrogens with zero attached hydrogens (tertiary/aromatic N) is 2. The molecule has 0 atom stereocenters. The zero-order valence-corrected chi connectivity index (χ0v) is 15.9. The van der Waals surface area contributed by atoms with Crippen molar-refractivity contribution in [3.63, 3.8) is 0 Å². The van der Waals surface area contributed by atoms with Crippen LogP contribution < -0.4 is 5.43 Å². The summed E-state index contributed by atoms with van der Waals surface area (Å²) in [5.41, 5.74) is 1.32. The fourth-order valence-corrected chi connectivity index (χ4v) is 3.24. The fourth-order valence-electron chi connectivity index (χ4n) is 2.85. The number of halogens is 2. The van der Waals surface area contributed by atoms with Gasteiger partial charge < -0.3 is 14.4 Å². The van der Waals surface area contributed by atoms with E-state index in [2.05, 4.69) is 9.72 Å². The van der Waals surface area contributed by atoms with E-state index in [1.165, 1.54) is 13.3 Å². The van der Waals surface area contributed by atoms with Gasteiger partial charge in [0.1, 0.15) is 11.2 Å². The highest BCUT2D eigenvalue weighted by atomic mass is 35.5. The Morgan fingerprint density at radius 1 is 1.33 bits per heavy atom. The van der Waals surface area contributed by atoms with Crippen LogP contribution in [-0.4, -0.2) is 34.3 Å². The zero-order valence-electron chi connectivity index (χ0n) is 14.4. The van der Waals surface area contributed by atoms with Crippen molar-refractivity contribution in [2.75, 3.05) is 13.7 Å². The van der Waals surface area contributed by atoms with Crippen LogP contribution in [0.1, 0.15) is 21.5 Å². The number of methoxy groups -OCH3 is 1. The first-order valence-corrected chi connectivity index (χ1v) is 8.86. The van der Waals surface area contributed by atoms with E-state index >= 15 is 0 Å². The van der Waals surface area contributed by atoms with Gasteiger partial charge in [0.25, 0.3) is 0 Å². The molecule has 2 aromatic heterocycles. The summed E-state index contributed by atoms with van der Waals surface area (Å²) in [5.74, 6) is -0.739. The molecule has 0 bridgehead atoms. The third kappa shape index (κ3) is 3.83. The average molecular weight is 407 g/mol. The number of fused-ring (bicyclic) bond motifs is 1. The monoisotopic (exact) mass is 406 g/mol. The van der Waals surface area contributed by atoms with Crippen LogP contribution in [0.25, 0.3) is 11.0 Å². The number of aromatic nitrogens is 2. The number of aliphatic hydroxyl groups is 1. The minimum Gasteiger partial charge on any atom is -0.465 e. The van der Waals surface area contributed by atoms with Gasteiger partial charge in [-0.25, -0.2) is 9.78 Å². The van der Waals surface area contributed by atoms with E-state index < -0.39 is 11.4 Å². The number of esters is 1. The van der Waals surface area contributed by atoms with Crippen LogP contribution in [0.5, 0.6) is 0 Å². The highest BCUT2D eigenvalue weighted by molar-refractivity contribution is 6.42. The molecule has 6 nitrogen and oxygen atoms in total. The van der Waals surface area contributed by atoms with Gasteiger partial charge in [-0.05, 0) is 23.3 Å². The predicted octanol–water partition coefficient (Wildman–Crippen LogP) is 3.07. The second-order valence-electron chi connectivity index (χ2n) is 5.88. The smallest absolute Gasteiger partial charge is 0.343 e. The molecule has 1 aromatic carbocycles. The molecule has 3 aromatic rings. The van der Waals surface area contributed by atoms with Gasteiger partial charge >= 0.3 is 5.97 Å². The average Bonchev–Trinajstić information content (AvgIpc) is 2.67. The number of hydrogen-bond acceptors (Lipinski definition) is 5. The van der Waals surface area contributed by atoms with Crippen LogP contribution in [0.4, 0.5) is 0 Å². The maximum atomic E-state index is 12.7. The second-order valence-corrected chi connectivity index (χ2v) is 6.67. The number of ether oxygens (including phenoxy) is 1. The van der Waals surface area contributed by atoms with E-state index in [1.807, 2.05) is 6.07 Å². The van der Waals surface area contributed by atoms with E-state index in [4.69, 9.17) is 23.2 Å². The first-order valence-electron chi connectivity index (χ1n) is 8.10. The molecule has 0 fully saturated rings. The van der Waals surface area contributed by atoms with Crippen LogP contribution in [0.2, 0.25) is 10.0 Å². The summed E-state index contributed by atoms with van der Waals surface area (Å²) < 4.78 is 6.24. The largest absolute Gasteiger partial charge is 0.465 e. The standard InChI is InChI=1S/C19H16Cl2N2O4/c1-27-19(26)14-10-23(5-6-24)18-13(17(14)25)8-11(9-22-18)7-12-3-2-4-15(20)16(12)21/h2-4,8-10,24H,5-7H2,1H3. The van der Waals surface area contributed by atoms with Crippen molar-refractivity contribution >= 4 is 40.2 Å². The van der Waals surface area contributed by atoms with Gasteiger partial charge in [0.15, 0.2) is 0 Å². The Kier molecular flexibility index (Phi) is 5.79. The lowest BCUT2D eigenvalue weighted by molar-refractivity contribution is 0.0598. The predicted molar refractivity (Wildman–Crippen MR) is 104 cm³/mol. The number of benzene rings is 1. The minimum atomic E-state index is -0.739. The number of aliphatic hydroxyl groups excluding tert-OH is 1. The van der Waals surface area contributed by atoms with Crippen molar-refractivity contribution in [3.8, 4) is 0 Å². The van der Waals surface area contributed by atoms with Crippen LogP contribution in [0.3, 0.4) is 0 Å². The van der Waals surface area contributed by atoms with Gasteiger partial charge in [0.05, 0.1) is 29.1 Å². The highest BCUT2D eigenvalue weighted by Gasteiger charge is 2.17. The molecular weight excluding hydrogens is 391 g/mol. The Bertz CT molecular complexity index is 1080. The molecule has 0 radical (unpaired) electrons. The Morgan fingerprint density at radius 2 is 2.11 bits per heavy atom. The highest BCUT2D eigenvalue weighted by Crippen LogP contribution is 2.27. The molecule has 140 valence electrons. The van der Waals surface area contributed by atoms with E-state index in [1.54, 1.807) is 29.0 Å². The second kappa shape index (κ2) is 8.08. The minimum absolute atomic E-state index is 0.113. The number of carbonyl (C=O) groups excluding carboxylic acids is 1. The maximum absolute atomic E-state index is 12.7. The van der Waals surface area contributed by atoms with E-state index in [0.29, 0.717) is 22.1 Å². The van der Waals surface area contributed by atoms with Gasteiger partial charge in [0, 0.05) is 25.4 Å². The molecule has 0 saturated carbocycles. The van der Waals surface area contributed by atoms with Gasteiger partial charge in [-0.3, -0.25) is 4.79 Å². The molecule has 0 spiro atoms. The zero-order chi connectivity index (χ0) is 19.6. The first-order chi connectivity index (χ1) is 13.0. The van der Waals surface area contributed by atoms with Gasteiger partial charge in [-0.15, -0.1) is 0 Å². The molecule has 0 aliphatic carbocycles. The molecule has 27 heavy (non-hydrogen) atoms. The Morgan fingerprint density at radius 3 is 2.81 bits per heavy atom. The third-order valence-electron chi connectivity index (χ3n) is 4.14. The number of rotatable bonds is 5. The topological polar surface area (TPSA) is 81.4 Å². The SMILES string of the molecule is COC(=O)c1cn(CCO)c2ncc(Cc3cccc(Cl)c3Cl)cc2c1=O. The summed E-state index contributed by atoms with van der Waals surface area (Å²) in [4.78, 5) is 29.0. The molecule has 0 amide bonds.